The zero-order valence-electron chi connectivity index (χ0n) is 18.0. The largest absolute Gasteiger partial charge is 0.457 e. The molecule has 1 amide bonds. The zero-order chi connectivity index (χ0) is 21.7. The molecule has 3 rings (SSSR count). The minimum atomic E-state index is -0.284. The van der Waals surface area contributed by atoms with Crippen molar-refractivity contribution in [3.05, 3.63) is 77.0 Å². The van der Waals surface area contributed by atoms with Gasteiger partial charge in [0, 0.05) is 11.4 Å². The summed E-state index contributed by atoms with van der Waals surface area (Å²) in [5.74, 6) is 2.13. The Morgan fingerprint density at radius 3 is 2.23 bits per heavy atom. The molecular formula is C25H29N3O2. The van der Waals surface area contributed by atoms with Gasteiger partial charge in [-0.25, -0.2) is 4.98 Å². The first kappa shape index (κ1) is 21.4. The average molecular weight is 404 g/mol. The Kier molecular flexibility index (Phi) is 6.72. The van der Waals surface area contributed by atoms with Crippen molar-refractivity contribution in [3.8, 4) is 11.5 Å². The highest BCUT2D eigenvalue weighted by Crippen LogP contribution is 2.24. The molecule has 0 saturated heterocycles. The summed E-state index contributed by atoms with van der Waals surface area (Å²) in [5.41, 5.74) is 10.00. The normalized spacial score (nSPS) is 10.8. The molecule has 0 fully saturated rings. The van der Waals surface area contributed by atoms with E-state index in [0.717, 1.165) is 23.4 Å². The van der Waals surface area contributed by atoms with E-state index in [2.05, 4.69) is 36.3 Å². The summed E-state index contributed by atoms with van der Waals surface area (Å²) < 4.78 is 5.91. The molecule has 0 aliphatic carbocycles. The van der Waals surface area contributed by atoms with Gasteiger partial charge in [-0.2, -0.15) is 0 Å². The molecule has 3 aromatic rings. The summed E-state index contributed by atoms with van der Waals surface area (Å²) in [4.78, 5) is 16.8. The van der Waals surface area contributed by atoms with Crippen molar-refractivity contribution in [1.29, 1.82) is 0 Å². The number of carbonyl (C=O) groups is 1. The number of pyridine rings is 1. The van der Waals surface area contributed by atoms with E-state index in [1.165, 1.54) is 12.0 Å². The van der Waals surface area contributed by atoms with Crippen LogP contribution in [0.15, 0.2) is 54.6 Å². The van der Waals surface area contributed by atoms with Gasteiger partial charge in [0.15, 0.2) is 0 Å². The van der Waals surface area contributed by atoms with Gasteiger partial charge in [0.25, 0.3) is 5.91 Å². The van der Waals surface area contributed by atoms with Crippen LogP contribution in [0.5, 0.6) is 11.5 Å². The van der Waals surface area contributed by atoms with Crippen LogP contribution in [0.1, 0.15) is 47.4 Å². The number of ether oxygens (including phenoxy) is 1. The minimum Gasteiger partial charge on any atom is -0.457 e. The molecule has 3 N–H and O–H groups in total. The van der Waals surface area contributed by atoms with E-state index >= 15 is 0 Å². The van der Waals surface area contributed by atoms with Gasteiger partial charge in [-0.05, 0) is 86.2 Å². The van der Waals surface area contributed by atoms with Crippen LogP contribution in [0, 0.1) is 19.8 Å². The fourth-order valence-electron chi connectivity index (χ4n) is 3.03. The molecule has 156 valence electrons. The van der Waals surface area contributed by atoms with Crippen molar-refractivity contribution < 1.29 is 9.53 Å². The first-order valence-corrected chi connectivity index (χ1v) is 10.2. The summed E-state index contributed by atoms with van der Waals surface area (Å²) in [6.07, 6.45) is 2.25. The Balaban J connectivity index is 1.61. The summed E-state index contributed by atoms with van der Waals surface area (Å²) >= 11 is 0. The van der Waals surface area contributed by atoms with Crippen molar-refractivity contribution in [3.63, 3.8) is 0 Å². The maximum atomic E-state index is 12.5. The lowest BCUT2D eigenvalue weighted by Crippen LogP contribution is -2.15. The summed E-state index contributed by atoms with van der Waals surface area (Å²) in [6, 6.07) is 17.2. The quantitative estimate of drug-likeness (QED) is 0.514. The molecule has 0 spiro atoms. The van der Waals surface area contributed by atoms with Crippen LogP contribution in [0.4, 0.5) is 11.5 Å². The van der Waals surface area contributed by atoms with Crippen molar-refractivity contribution in [2.75, 3.05) is 11.1 Å². The van der Waals surface area contributed by atoms with Gasteiger partial charge in [0.05, 0.1) is 5.56 Å². The van der Waals surface area contributed by atoms with E-state index in [4.69, 9.17) is 10.5 Å². The highest BCUT2D eigenvalue weighted by Gasteiger charge is 2.13. The van der Waals surface area contributed by atoms with Gasteiger partial charge in [0.2, 0.25) is 0 Å². The average Bonchev–Trinajstić information content (AvgIpc) is 2.71. The predicted molar refractivity (Wildman–Crippen MR) is 122 cm³/mol. The molecule has 5 nitrogen and oxygen atoms in total. The van der Waals surface area contributed by atoms with E-state index in [9.17, 15) is 4.79 Å². The van der Waals surface area contributed by atoms with Gasteiger partial charge < -0.3 is 15.8 Å². The maximum Gasteiger partial charge on any atom is 0.259 e. The van der Waals surface area contributed by atoms with E-state index in [1.807, 2.05) is 38.1 Å². The Labute approximate surface area is 178 Å². The third-order valence-electron chi connectivity index (χ3n) is 5.02. The maximum absolute atomic E-state index is 12.5. The number of hydrogen-bond acceptors (Lipinski definition) is 4. The molecule has 1 aromatic heterocycles. The zero-order valence-corrected chi connectivity index (χ0v) is 18.0. The van der Waals surface area contributed by atoms with Crippen LogP contribution in [0.3, 0.4) is 0 Å². The van der Waals surface area contributed by atoms with E-state index < -0.39 is 0 Å². The molecule has 30 heavy (non-hydrogen) atoms. The summed E-state index contributed by atoms with van der Waals surface area (Å²) in [5, 5.41) is 2.85. The molecule has 0 bridgehead atoms. The number of aromatic nitrogens is 1. The van der Waals surface area contributed by atoms with Crippen LogP contribution in [0.2, 0.25) is 0 Å². The standard InChI is InChI=1S/C25H29N3O2/c1-16(2)5-6-19-7-11-21(12-8-19)30-22-13-9-20(10-14-22)28-25(29)23-15-17(3)18(4)27-24(23)26/h7-16H,5-6H2,1-4H3,(H2,26,27)(H,28,29). The number of hydrogen-bond donors (Lipinski definition) is 2. The molecule has 1 heterocycles. The Hall–Kier alpha value is -3.34. The molecule has 0 radical (unpaired) electrons. The smallest absolute Gasteiger partial charge is 0.259 e. The number of nitrogens with two attached hydrogens (primary N) is 1. The fraction of sp³-hybridized carbons (Fsp3) is 0.280. The number of nitrogen functional groups attached to an aromatic ring is 1. The molecule has 2 aromatic carbocycles. The van der Waals surface area contributed by atoms with Crippen molar-refractivity contribution in [1.82, 2.24) is 4.98 Å². The summed E-state index contributed by atoms with van der Waals surface area (Å²) in [7, 11) is 0. The van der Waals surface area contributed by atoms with Gasteiger partial charge in [-0.1, -0.05) is 26.0 Å². The molecule has 0 unspecified atom stereocenters. The first-order valence-electron chi connectivity index (χ1n) is 10.2. The van der Waals surface area contributed by atoms with Crippen molar-refractivity contribution in [2.24, 2.45) is 5.92 Å². The number of rotatable bonds is 7. The van der Waals surface area contributed by atoms with Crippen molar-refractivity contribution >= 4 is 17.4 Å². The Morgan fingerprint density at radius 1 is 1.03 bits per heavy atom. The van der Waals surface area contributed by atoms with Crippen LogP contribution in [-0.2, 0) is 6.42 Å². The number of anilines is 2. The Morgan fingerprint density at radius 2 is 1.63 bits per heavy atom. The second-order valence-electron chi connectivity index (χ2n) is 7.98. The van der Waals surface area contributed by atoms with Crippen LogP contribution in [-0.4, -0.2) is 10.9 Å². The van der Waals surface area contributed by atoms with E-state index in [0.29, 0.717) is 22.9 Å². The molecular weight excluding hydrogens is 374 g/mol. The lowest BCUT2D eigenvalue weighted by molar-refractivity contribution is 0.102. The van der Waals surface area contributed by atoms with Gasteiger partial charge >= 0.3 is 0 Å². The SMILES string of the molecule is Cc1cc(C(=O)Nc2ccc(Oc3ccc(CCC(C)C)cc3)cc2)c(N)nc1C. The third-order valence-corrected chi connectivity index (χ3v) is 5.02. The number of carbonyl (C=O) groups excluding carboxylic acids is 1. The molecule has 0 aliphatic rings. The fourth-order valence-corrected chi connectivity index (χ4v) is 3.03. The number of aryl methyl sites for hydroxylation is 3. The van der Waals surface area contributed by atoms with Gasteiger partial charge in [0.1, 0.15) is 17.3 Å². The molecule has 0 atom stereocenters. The number of nitrogens with one attached hydrogen (secondary N) is 1. The minimum absolute atomic E-state index is 0.229. The molecule has 0 aliphatic heterocycles. The molecule has 5 heteroatoms. The topological polar surface area (TPSA) is 77.2 Å². The highest BCUT2D eigenvalue weighted by molar-refractivity contribution is 6.07. The van der Waals surface area contributed by atoms with E-state index in [1.54, 1.807) is 18.2 Å². The van der Waals surface area contributed by atoms with Crippen molar-refractivity contribution in [2.45, 2.75) is 40.5 Å². The Bertz CT molecular complexity index is 1010. The van der Waals surface area contributed by atoms with Gasteiger partial charge in [-0.15, -0.1) is 0 Å². The lowest BCUT2D eigenvalue weighted by Gasteiger charge is -2.11. The van der Waals surface area contributed by atoms with Crippen LogP contribution in [0.25, 0.3) is 0 Å². The van der Waals surface area contributed by atoms with Crippen LogP contribution >= 0.6 is 0 Å². The number of benzene rings is 2. The lowest BCUT2D eigenvalue weighted by atomic mass is 10.0. The first-order chi connectivity index (χ1) is 14.3. The predicted octanol–water partition coefficient (Wildman–Crippen LogP) is 5.91. The highest BCUT2D eigenvalue weighted by atomic mass is 16.5. The second kappa shape index (κ2) is 9.44. The second-order valence-corrected chi connectivity index (χ2v) is 7.98. The number of nitrogens with zero attached hydrogens (tertiary/aromatic N) is 1. The third kappa shape index (κ3) is 5.60. The van der Waals surface area contributed by atoms with E-state index in [-0.39, 0.29) is 11.7 Å². The monoisotopic (exact) mass is 403 g/mol. The number of amides is 1. The summed E-state index contributed by atoms with van der Waals surface area (Å²) in [6.45, 7) is 8.24. The van der Waals surface area contributed by atoms with Crippen LogP contribution < -0.4 is 15.8 Å². The van der Waals surface area contributed by atoms with Gasteiger partial charge in [-0.3, -0.25) is 4.79 Å². The molecule has 0 saturated carbocycles.